The third-order valence-corrected chi connectivity index (χ3v) is 11.6. The van der Waals surface area contributed by atoms with E-state index in [4.69, 9.17) is 12.6 Å². The number of hydrogen-bond donors (Lipinski definition) is 1. The highest BCUT2D eigenvalue weighted by atomic mass is 32.1. The van der Waals surface area contributed by atoms with Crippen LogP contribution in [-0.4, -0.2) is 0 Å². The second-order valence-electron chi connectivity index (χ2n) is 12.5. The molecule has 9 aromatic carbocycles. The molecular weight excluding hydrogens is 617 g/mol. The van der Waals surface area contributed by atoms with Crippen LogP contribution in [0.2, 0.25) is 0 Å². The molecule has 1 aromatic heterocycles. The summed E-state index contributed by atoms with van der Waals surface area (Å²) in [5.74, 6) is 0. The molecular formula is C46H28S2. The molecule has 10 aromatic rings. The minimum Gasteiger partial charge on any atom is -0.142 e. The van der Waals surface area contributed by atoms with Crippen molar-refractivity contribution >= 4 is 87.2 Å². The summed E-state index contributed by atoms with van der Waals surface area (Å²) in [4.78, 5) is 1.04. The maximum absolute atomic E-state index is 4.98. The molecule has 0 saturated carbocycles. The average Bonchev–Trinajstić information content (AvgIpc) is 3.51. The molecule has 0 nitrogen and oxygen atoms in total. The molecule has 0 aliphatic rings. The number of thiophene rings is 1. The van der Waals surface area contributed by atoms with Gasteiger partial charge in [0.05, 0.1) is 0 Å². The Balaban J connectivity index is 1.21. The predicted octanol–water partition coefficient (Wildman–Crippen LogP) is 14.0. The Labute approximate surface area is 287 Å². The van der Waals surface area contributed by atoms with E-state index >= 15 is 0 Å². The summed E-state index contributed by atoms with van der Waals surface area (Å²) in [6, 6.07) is 60.0. The van der Waals surface area contributed by atoms with Crippen molar-refractivity contribution in [2.75, 3.05) is 0 Å². The van der Waals surface area contributed by atoms with Crippen LogP contribution >= 0.6 is 24.0 Å². The highest BCUT2D eigenvalue weighted by molar-refractivity contribution is 7.80. The molecule has 0 aliphatic carbocycles. The topological polar surface area (TPSA) is 0 Å². The van der Waals surface area contributed by atoms with E-state index in [9.17, 15) is 0 Å². The molecule has 0 N–H and O–H groups in total. The Bertz CT molecular complexity index is 2780. The van der Waals surface area contributed by atoms with Gasteiger partial charge in [0.25, 0.3) is 0 Å². The predicted molar refractivity (Wildman–Crippen MR) is 213 cm³/mol. The first-order valence-electron chi connectivity index (χ1n) is 16.3. The first kappa shape index (κ1) is 27.7. The Kier molecular flexibility index (Phi) is 6.24. The van der Waals surface area contributed by atoms with Gasteiger partial charge in [-0.05, 0) is 94.7 Å². The SMILES string of the molecule is Sc1c2ccccc2c(-c2ccc3c(c2)sc2ccc(-c4c5ccccc5c(-c5ccccc5)c5ccccc45)cc23)c2ccccc12. The normalized spacial score (nSPS) is 11.9. The van der Waals surface area contributed by atoms with Crippen molar-refractivity contribution in [3.05, 3.63) is 164 Å². The van der Waals surface area contributed by atoms with Crippen molar-refractivity contribution < 1.29 is 0 Å². The summed E-state index contributed by atoms with van der Waals surface area (Å²) in [5, 5.41) is 12.6. The highest BCUT2D eigenvalue weighted by Crippen LogP contribution is 2.47. The molecule has 0 saturated heterocycles. The van der Waals surface area contributed by atoms with Gasteiger partial charge in [0, 0.05) is 25.1 Å². The van der Waals surface area contributed by atoms with Crippen molar-refractivity contribution in [1.82, 2.24) is 0 Å². The molecule has 0 bridgehead atoms. The van der Waals surface area contributed by atoms with Gasteiger partial charge >= 0.3 is 0 Å². The molecule has 0 unspecified atom stereocenters. The number of rotatable bonds is 3. The lowest BCUT2D eigenvalue weighted by Gasteiger charge is -2.17. The van der Waals surface area contributed by atoms with Crippen molar-refractivity contribution in [3.63, 3.8) is 0 Å². The van der Waals surface area contributed by atoms with E-state index in [1.54, 1.807) is 0 Å². The summed E-state index contributed by atoms with van der Waals surface area (Å²) >= 11 is 6.86. The van der Waals surface area contributed by atoms with E-state index in [-0.39, 0.29) is 0 Å². The first-order valence-corrected chi connectivity index (χ1v) is 17.6. The van der Waals surface area contributed by atoms with Gasteiger partial charge in [0.2, 0.25) is 0 Å². The van der Waals surface area contributed by atoms with E-state index in [0.29, 0.717) is 0 Å². The monoisotopic (exact) mass is 644 g/mol. The molecule has 48 heavy (non-hydrogen) atoms. The van der Waals surface area contributed by atoms with Crippen LogP contribution in [0.15, 0.2) is 169 Å². The van der Waals surface area contributed by atoms with Gasteiger partial charge in [0.15, 0.2) is 0 Å². The van der Waals surface area contributed by atoms with E-state index in [0.717, 1.165) is 4.90 Å². The van der Waals surface area contributed by atoms with Crippen molar-refractivity contribution in [3.8, 4) is 33.4 Å². The van der Waals surface area contributed by atoms with Crippen LogP contribution in [0.25, 0.3) is 96.6 Å². The standard InChI is InChI=1S/C46H28S2/c47-46-38-20-10-8-18-36(38)45(37-19-9-11-21-39(37)46)30-22-24-31-40-26-29(23-25-41(40)48-42(31)27-30)44-34-16-6-4-14-32(34)43(28-12-2-1-3-13-28)33-15-5-7-17-35(33)44/h1-27,47H. The summed E-state index contributed by atoms with van der Waals surface area (Å²) in [5.41, 5.74) is 7.60. The highest BCUT2D eigenvalue weighted by Gasteiger charge is 2.18. The zero-order valence-corrected chi connectivity index (χ0v) is 27.7. The van der Waals surface area contributed by atoms with Gasteiger partial charge in [-0.3, -0.25) is 0 Å². The third-order valence-electron chi connectivity index (χ3n) is 9.95. The molecule has 224 valence electrons. The zero-order chi connectivity index (χ0) is 31.8. The van der Waals surface area contributed by atoms with E-state index in [2.05, 4.69) is 164 Å². The fourth-order valence-corrected chi connectivity index (χ4v) is 9.38. The Hall–Kier alpha value is -5.41. The van der Waals surface area contributed by atoms with Gasteiger partial charge in [0.1, 0.15) is 0 Å². The number of benzene rings is 9. The van der Waals surface area contributed by atoms with Crippen molar-refractivity contribution in [2.24, 2.45) is 0 Å². The Morgan fingerprint density at radius 1 is 0.292 bits per heavy atom. The summed E-state index contributed by atoms with van der Waals surface area (Å²) in [7, 11) is 0. The first-order chi connectivity index (χ1) is 23.7. The van der Waals surface area contributed by atoms with Gasteiger partial charge in [-0.15, -0.1) is 24.0 Å². The van der Waals surface area contributed by atoms with E-state index in [1.165, 1.54) is 96.6 Å². The number of fused-ring (bicyclic) bond motifs is 7. The van der Waals surface area contributed by atoms with Crippen LogP contribution in [0, 0.1) is 0 Å². The summed E-state index contributed by atoms with van der Waals surface area (Å²) in [6.07, 6.45) is 0. The number of thiol groups is 1. The van der Waals surface area contributed by atoms with Gasteiger partial charge in [-0.25, -0.2) is 0 Å². The second kappa shape index (κ2) is 10.8. The number of hydrogen-bond acceptors (Lipinski definition) is 2. The van der Waals surface area contributed by atoms with Gasteiger partial charge in [-0.2, -0.15) is 0 Å². The largest absolute Gasteiger partial charge is 0.142 e. The quantitative estimate of drug-likeness (QED) is 0.144. The van der Waals surface area contributed by atoms with Crippen LogP contribution in [-0.2, 0) is 0 Å². The van der Waals surface area contributed by atoms with E-state index < -0.39 is 0 Å². The third kappa shape index (κ3) is 4.10. The average molecular weight is 645 g/mol. The lowest BCUT2D eigenvalue weighted by atomic mass is 9.86. The van der Waals surface area contributed by atoms with Crippen molar-refractivity contribution in [2.45, 2.75) is 4.90 Å². The maximum atomic E-state index is 4.98. The van der Waals surface area contributed by atoms with Crippen LogP contribution in [0.3, 0.4) is 0 Å². The fraction of sp³-hybridized carbons (Fsp3) is 0. The molecule has 1 heterocycles. The molecule has 0 amide bonds. The molecule has 2 heteroatoms. The molecule has 0 spiro atoms. The molecule has 0 aliphatic heterocycles. The molecule has 0 radical (unpaired) electrons. The minimum atomic E-state index is 1.04. The van der Waals surface area contributed by atoms with Crippen LogP contribution < -0.4 is 0 Å². The minimum absolute atomic E-state index is 1.04. The van der Waals surface area contributed by atoms with E-state index in [1.807, 2.05) is 11.3 Å². The molecule has 0 fully saturated rings. The molecule has 10 rings (SSSR count). The second-order valence-corrected chi connectivity index (χ2v) is 14.1. The van der Waals surface area contributed by atoms with Crippen LogP contribution in [0.5, 0.6) is 0 Å². The lowest BCUT2D eigenvalue weighted by Crippen LogP contribution is -1.90. The van der Waals surface area contributed by atoms with Crippen LogP contribution in [0.1, 0.15) is 0 Å². The van der Waals surface area contributed by atoms with Crippen LogP contribution in [0.4, 0.5) is 0 Å². The van der Waals surface area contributed by atoms with Gasteiger partial charge in [-0.1, -0.05) is 146 Å². The Morgan fingerprint density at radius 3 is 1.25 bits per heavy atom. The molecule has 0 atom stereocenters. The van der Waals surface area contributed by atoms with Gasteiger partial charge < -0.3 is 0 Å². The maximum Gasteiger partial charge on any atom is 0.0361 e. The fourth-order valence-electron chi connectivity index (χ4n) is 7.86. The Morgan fingerprint density at radius 2 is 0.708 bits per heavy atom. The van der Waals surface area contributed by atoms with Crippen molar-refractivity contribution in [1.29, 1.82) is 0 Å². The summed E-state index contributed by atoms with van der Waals surface area (Å²) < 4.78 is 2.61. The zero-order valence-electron chi connectivity index (χ0n) is 25.9. The summed E-state index contributed by atoms with van der Waals surface area (Å²) in [6.45, 7) is 0. The lowest BCUT2D eigenvalue weighted by molar-refractivity contribution is 1.62. The smallest absolute Gasteiger partial charge is 0.0361 e.